The van der Waals surface area contributed by atoms with E-state index < -0.39 is 6.10 Å². The number of hydrogen-bond donors (Lipinski definition) is 1. The van der Waals surface area contributed by atoms with Crippen LogP contribution in [0.15, 0.2) is 18.2 Å². The molecule has 5 nitrogen and oxygen atoms in total. The lowest BCUT2D eigenvalue weighted by atomic mass is 10.1. The molecule has 2 rings (SSSR count). The molecule has 21 heavy (non-hydrogen) atoms. The van der Waals surface area contributed by atoms with Crippen LogP contribution in [0.4, 0.5) is 0 Å². The molecular weight excluding hydrogens is 272 g/mol. The van der Waals surface area contributed by atoms with E-state index in [2.05, 4.69) is 0 Å². The second kappa shape index (κ2) is 7.11. The summed E-state index contributed by atoms with van der Waals surface area (Å²) < 4.78 is 21.9. The molecule has 0 aromatic heterocycles. The van der Waals surface area contributed by atoms with Gasteiger partial charge in [0.15, 0.2) is 11.5 Å². The van der Waals surface area contributed by atoms with E-state index in [1.807, 2.05) is 32.9 Å². The minimum absolute atomic E-state index is 0.169. The van der Waals surface area contributed by atoms with Crippen LogP contribution < -0.4 is 9.47 Å². The lowest BCUT2D eigenvalue weighted by Gasteiger charge is -2.21. The Balaban J connectivity index is 1.77. The molecular formula is C16H24O5. The Kier molecular flexibility index (Phi) is 5.45. The lowest BCUT2D eigenvalue weighted by Crippen LogP contribution is -2.22. The Hall–Kier alpha value is -1.30. The molecule has 0 spiro atoms. The summed E-state index contributed by atoms with van der Waals surface area (Å²) in [7, 11) is 0. The monoisotopic (exact) mass is 296 g/mol. The topological polar surface area (TPSA) is 57.2 Å². The first-order valence-corrected chi connectivity index (χ1v) is 7.25. The molecule has 5 heteroatoms. The standard InChI is InChI=1S/C16H24O5/c1-16(2,3)21-9-6-18-11-13(17)12-4-5-14-15(10-12)20-8-7-19-14/h4-5,10,13,17H,6-9,11H2,1-3H3. The minimum Gasteiger partial charge on any atom is -0.486 e. The van der Waals surface area contributed by atoms with Gasteiger partial charge in [-0.3, -0.25) is 0 Å². The lowest BCUT2D eigenvalue weighted by molar-refractivity contribution is -0.0477. The fourth-order valence-corrected chi connectivity index (χ4v) is 1.97. The van der Waals surface area contributed by atoms with Crippen molar-refractivity contribution in [3.05, 3.63) is 23.8 Å². The van der Waals surface area contributed by atoms with Crippen LogP contribution in [0.5, 0.6) is 11.5 Å². The third-order valence-corrected chi connectivity index (χ3v) is 2.99. The molecule has 1 atom stereocenters. The molecule has 0 bridgehead atoms. The van der Waals surface area contributed by atoms with Crippen LogP contribution in [0.25, 0.3) is 0 Å². The van der Waals surface area contributed by atoms with E-state index in [0.717, 1.165) is 11.3 Å². The molecule has 1 aliphatic heterocycles. The zero-order valence-electron chi connectivity index (χ0n) is 12.9. The number of benzene rings is 1. The molecule has 0 radical (unpaired) electrons. The van der Waals surface area contributed by atoms with Crippen molar-refractivity contribution in [2.24, 2.45) is 0 Å². The zero-order chi connectivity index (χ0) is 15.3. The van der Waals surface area contributed by atoms with Gasteiger partial charge in [-0.05, 0) is 38.5 Å². The van der Waals surface area contributed by atoms with Crippen molar-refractivity contribution in [1.82, 2.24) is 0 Å². The van der Waals surface area contributed by atoms with Gasteiger partial charge in [0, 0.05) is 0 Å². The maximum Gasteiger partial charge on any atom is 0.161 e. The molecule has 118 valence electrons. The molecule has 0 saturated heterocycles. The van der Waals surface area contributed by atoms with Gasteiger partial charge in [-0.1, -0.05) is 6.07 Å². The van der Waals surface area contributed by atoms with Crippen LogP contribution in [0.3, 0.4) is 0 Å². The summed E-state index contributed by atoms with van der Waals surface area (Å²) in [4.78, 5) is 0. The molecule has 0 aliphatic carbocycles. The van der Waals surface area contributed by atoms with Crippen molar-refractivity contribution in [2.45, 2.75) is 32.5 Å². The van der Waals surface area contributed by atoms with E-state index in [4.69, 9.17) is 18.9 Å². The maximum atomic E-state index is 10.1. The number of rotatable bonds is 6. The first kappa shape index (κ1) is 16.1. The third-order valence-electron chi connectivity index (χ3n) is 2.99. The summed E-state index contributed by atoms with van der Waals surface area (Å²) in [6, 6.07) is 5.44. The maximum absolute atomic E-state index is 10.1. The quantitative estimate of drug-likeness (QED) is 0.816. The van der Waals surface area contributed by atoms with Gasteiger partial charge < -0.3 is 24.1 Å². The molecule has 0 amide bonds. The van der Waals surface area contributed by atoms with Gasteiger partial charge in [0.2, 0.25) is 0 Å². The second-order valence-electron chi connectivity index (χ2n) is 5.95. The van der Waals surface area contributed by atoms with Crippen molar-refractivity contribution < 1.29 is 24.1 Å². The molecule has 1 aromatic carbocycles. The summed E-state index contributed by atoms with van der Waals surface area (Å²) in [5.41, 5.74) is 0.591. The van der Waals surface area contributed by atoms with Gasteiger partial charge in [0.05, 0.1) is 25.4 Å². The highest BCUT2D eigenvalue weighted by Gasteiger charge is 2.15. The van der Waals surface area contributed by atoms with Crippen molar-refractivity contribution in [2.75, 3.05) is 33.0 Å². The summed E-state index contributed by atoms with van der Waals surface area (Å²) in [5, 5.41) is 10.1. The zero-order valence-corrected chi connectivity index (χ0v) is 12.9. The smallest absolute Gasteiger partial charge is 0.161 e. The van der Waals surface area contributed by atoms with Crippen LogP contribution in [0, 0.1) is 0 Å². The van der Waals surface area contributed by atoms with Crippen LogP contribution >= 0.6 is 0 Å². The average Bonchev–Trinajstić information content (AvgIpc) is 2.45. The number of ether oxygens (including phenoxy) is 4. The Morgan fingerprint density at radius 3 is 2.57 bits per heavy atom. The molecule has 1 N–H and O–H groups in total. The fourth-order valence-electron chi connectivity index (χ4n) is 1.97. The number of aliphatic hydroxyl groups is 1. The summed E-state index contributed by atoms with van der Waals surface area (Å²) in [6.07, 6.45) is -0.685. The SMILES string of the molecule is CC(C)(C)OCCOCC(O)c1ccc2c(c1)OCCO2. The predicted molar refractivity (Wildman–Crippen MR) is 78.9 cm³/mol. The highest BCUT2D eigenvalue weighted by molar-refractivity contribution is 5.44. The molecule has 0 saturated carbocycles. The van der Waals surface area contributed by atoms with Crippen molar-refractivity contribution in [3.8, 4) is 11.5 Å². The second-order valence-corrected chi connectivity index (χ2v) is 5.95. The van der Waals surface area contributed by atoms with E-state index in [1.54, 1.807) is 6.07 Å². The van der Waals surface area contributed by atoms with E-state index in [9.17, 15) is 5.11 Å². The van der Waals surface area contributed by atoms with E-state index >= 15 is 0 Å². The van der Waals surface area contributed by atoms with E-state index in [1.165, 1.54) is 0 Å². The first-order chi connectivity index (χ1) is 9.96. The summed E-state index contributed by atoms with van der Waals surface area (Å²) in [6.45, 7) is 8.29. The van der Waals surface area contributed by atoms with Gasteiger partial charge in [0.25, 0.3) is 0 Å². The van der Waals surface area contributed by atoms with E-state index in [-0.39, 0.29) is 12.2 Å². The fraction of sp³-hybridized carbons (Fsp3) is 0.625. The minimum atomic E-state index is -0.685. The number of hydrogen-bond acceptors (Lipinski definition) is 5. The molecule has 1 aromatic rings. The summed E-state index contributed by atoms with van der Waals surface area (Å²) in [5.74, 6) is 1.39. The van der Waals surface area contributed by atoms with Gasteiger partial charge in [-0.25, -0.2) is 0 Å². The van der Waals surface area contributed by atoms with Crippen molar-refractivity contribution >= 4 is 0 Å². The Morgan fingerprint density at radius 2 is 1.86 bits per heavy atom. The van der Waals surface area contributed by atoms with Crippen LogP contribution in [-0.4, -0.2) is 43.7 Å². The van der Waals surface area contributed by atoms with Crippen molar-refractivity contribution in [1.29, 1.82) is 0 Å². The van der Waals surface area contributed by atoms with Crippen LogP contribution in [0.2, 0.25) is 0 Å². The third kappa shape index (κ3) is 5.19. The molecule has 0 fully saturated rings. The van der Waals surface area contributed by atoms with Crippen molar-refractivity contribution in [3.63, 3.8) is 0 Å². The Bertz CT molecular complexity index is 452. The summed E-state index contributed by atoms with van der Waals surface area (Å²) >= 11 is 0. The van der Waals surface area contributed by atoms with Crippen LogP contribution in [0.1, 0.15) is 32.4 Å². The highest BCUT2D eigenvalue weighted by atomic mass is 16.6. The first-order valence-electron chi connectivity index (χ1n) is 7.25. The molecule has 1 aliphatic rings. The largest absolute Gasteiger partial charge is 0.486 e. The van der Waals surface area contributed by atoms with Crippen LogP contribution in [-0.2, 0) is 9.47 Å². The molecule has 1 unspecified atom stereocenters. The highest BCUT2D eigenvalue weighted by Crippen LogP contribution is 2.32. The Morgan fingerprint density at radius 1 is 1.14 bits per heavy atom. The number of aliphatic hydroxyl groups excluding tert-OH is 1. The average molecular weight is 296 g/mol. The number of fused-ring (bicyclic) bond motifs is 1. The van der Waals surface area contributed by atoms with Gasteiger partial charge in [-0.15, -0.1) is 0 Å². The van der Waals surface area contributed by atoms with Gasteiger partial charge in [-0.2, -0.15) is 0 Å². The van der Waals surface area contributed by atoms with Gasteiger partial charge >= 0.3 is 0 Å². The van der Waals surface area contributed by atoms with E-state index in [0.29, 0.717) is 32.2 Å². The Labute approximate surface area is 125 Å². The predicted octanol–water partition coefficient (Wildman–Crippen LogP) is 2.32. The molecule has 1 heterocycles. The van der Waals surface area contributed by atoms with Gasteiger partial charge in [0.1, 0.15) is 19.3 Å². The normalized spacial score (nSPS) is 15.8.